The van der Waals surface area contributed by atoms with Crippen molar-refractivity contribution in [3.05, 3.63) is 72.3 Å². The van der Waals surface area contributed by atoms with Gasteiger partial charge < -0.3 is 10.1 Å². The average Bonchev–Trinajstić information content (AvgIpc) is 3.13. The van der Waals surface area contributed by atoms with Crippen LogP contribution in [0.3, 0.4) is 0 Å². The molecular formula is C21H15F4N3O2. The van der Waals surface area contributed by atoms with Crippen LogP contribution in [0.2, 0.25) is 0 Å². The van der Waals surface area contributed by atoms with Gasteiger partial charge in [0.2, 0.25) is 0 Å². The summed E-state index contributed by atoms with van der Waals surface area (Å²) in [5, 5.41) is 2.54. The van der Waals surface area contributed by atoms with Crippen LogP contribution < -0.4 is 15.0 Å². The molecule has 0 radical (unpaired) electrons. The molecule has 0 spiro atoms. The molecule has 5 nitrogen and oxygen atoms in total. The van der Waals surface area contributed by atoms with Crippen LogP contribution in [0, 0.1) is 5.82 Å². The van der Waals surface area contributed by atoms with Crippen molar-refractivity contribution in [2.24, 2.45) is 0 Å². The normalized spacial score (nSPS) is 13.1. The van der Waals surface area contributed by atoms with Crippen LogP contribution in [0.25, 0.3) is 11.1 Å². The minimum atomic E-state index is -4.90. The summed E-state index contributed by atoms with van der Waals surface area (Å²) in [4.78, 5) is 17.9. The summed E-state index contributed by atoms with van der Waals surface area (Å²) < 4.78 is 56.5. The van der Waals surface area contributed by atoms with Gasteiger partial charge in [0.15, 0.2) is 0 Å². The van der Waals surface area contributed by atoms with E-state index in [9.17, 15) is 22.4 Å². The minimum Gasteiger partial charge on any atom is -0.406 e. The second kappa shape index (κ2) is 7.66. The van der Waals surface area contributed by atoms with Crippen molar-refractivity contribution in [1.82, 2.24) is 4.98 Å². The lowest BCUT2D eigenvalue weighted by Gasteiger charge is -2.19. The average molecular weight is 417 g/mol. The number of benzene rings is 2. The maximum Gasteiger partial charge on any atom is 0.573 e. The predicted molar refractivity (Wildman–Crippen MR) is 103 cm³/mol. The number of pyridine rings is 1. The number of rotatable bonds is 3. The number of carbonyl (C=O) groups excluding carboxylic acids is 1. The Morgan fingerprint density at radius 1 is 1.10 bits per heavy atom. The molecule has 3 aromatic rings. The molecule has 0 saturated heterocycles. The van der Waals surface area contributed by atoms with Gasteiger partial charge in [-0.25, -0.2) is 9.18 Å². The third kappa shape index (κ3) is 4.19. The van der Waals surface area contributed by atoms with Crippen molar-refractivity contribution >= 4 is 17.4 Å². The number of hydrogen-bond donors (Lipinski definition) is 1. The highest BCUT2D eigenvalue weighted by molar-refractivity contribution is 6.03. The van der Waals surface area contributed by atoms with Gasteiger partial charge in [-0.15, -0.1) is 13.2 Å². The molecule has 1 aliphatic heterocycles. The van der Waals surface area contributed by atoms with Crippen molar-refractivity contribution in [3.8, 4) is 16.9 Å². The Morgan fingerprint density at radius 3 is 2.67 bits per heavy atom. The van der Waals surface area contributed by atoms with Crippen LogP contribution in [0.1, 0.15) is 5.56 Å². The van der Waals surface area contributed by atoms with Crippen LogP contribution in [-0.2, 0) is 6.42 Å². The highest BCUT2D eigenvalue weighted by Crippen LogP contribution is 2.34. The minimum absolute atomic E-state index is 0.0744. The molecule has 4 rings (SSSR count). The molecule has 0 aliphatic carbocycles. The molecule has 1 N–H and O–H groups in total. The van der Waals surface area contributed by atoms with Gasteiger partial charge in [-0.05, 0) is 41.8 Å². The number of urea groups is 1. The van der Waals surface area contributed by atoms with E-state index in [0.29, 0.717) is 23.1 Å². The zero-order valence-electron chi connectivity index (χ0n) is 15.4. The predicted octanol–water partition coefficient (Wildman–Crippen LogP) is 5.38. The first kappa shape index (κ1) is 19.7. The van der Waals surface area contributed by atoms with E-state index in [-0.39, 0.29) is 17.9 Å². The van der Waals surface area contributed by atoms with Crippen molar-refractivity contribution in [1.29, 1.82) is 0 Å². The number of fused-ring (bicyclic) bond motifs is 1. The Balaban J connectivity index is 1.65. The van der Waals surface area contributed by atoms with Gasteiger partial charge in [0, 0.05) is 36.3 Å². The number of hydrogen-bond acceptors (Lipinski definition) is 3. The van der Waals surface area contributed by atoms with Crippen LogP contribution >= 0.6 is 0 Å². The number of aromatic nitrogens is 1. The molecule has 2 amide bonds. The summed E-state index contributed by atoms with van der Waals surface area (Å²) in [6, 6.07) is 10.9. The molecule has 0 fully saturated rings. The van der Waals surface area contributed by atoms with Crippen LogP contribution in [0.5, 0.6) is 5.75 Å². The van der Waals surface area contributed by atoms with Crippen LogP contribution in [0.4, 0.5) is 33.7 Å². The quantitative estimate of drug-likeness (QED) is 0.582. The van der Waals surface area contributed by atoms with Gasteiger partial charge >= 0.3 is 12.4 Å². The molecule has 2 heterocycles. The molecule has 2 aromatic carbocycles. The number of carbonyl (C=O) groups is 1. The maximum absolute atomic E-state index is 14.2. The molecule has 1 aromatic heterocycles. The van der Waals surface area contributed by atoms with Gasteiger partial charge in [0.25, 0.3) is 0 Å². The van der Waals surface area contributed by atoms with E-state index < -0.39 is 24.0 Å². The summed E-state index contributed by atoms with van der Waals surface area (Å²) in [5.41, 5.74) is 1.84. The second-order valence-electron chi connectivity index (χ2n) is 6.61. The molecule has 0 bridgehead atoms. The first-order chi connectivity index (χ1) is 14.3. The van der Waals surface area contributed by atoms with Gasteiger partial charge in [-0.1, -0.05) is 18.2 Å². The zero-order valence-corrected chi connectivity index (χ0v) is 15.4. The SMILES string of the molecule is O=C(Nc1cc(OC(F)(F)F)cc(-c2cccnc2)c1)N1CCc2cccc(F)c21. The summed E-state index contributed by atoms with van der Waals surface area (Å²) in [6.45, 7) is 0.260. The fraction of sp³-hybridized carbons (Fsp3) is 0.143. The molecule has 0 saturated carbocycles. The van der Waals surface area contributed by atoms with E-state index in [1.807, 2.05) is 0 Å². The summed E-state index contributed by atoms with van der Waals surface area (Å²) >= 11 is 0. The Hall–Kier alpha value is -3.62. The first-order valence-corrected chi connectivity index (χ1v) is 8.97. The standard InChI is InChI=1S/C21H15F4N3O2/c22-18-5-1-3-13-6-8-28(19(13)18)20(29)27-16-9-15(14-4-2-7-26-12-14)10-17(11-16)30-21(23,24)25/h1-5,7,9-12H,6,8H2,(H,27,29). The number of para-hydroxylation sites is 1. The zero-order chi connectivity index (χ0) is 21.3. The smallest absolute Gasteiger partial charge is 0.406 e. The van der Waals surface area contributed by atoms with Gasteiger partial charge in [-0.3, -0.25) is 9.88 Å². The lowest BCUT2D eigenvalue weighted by atomic mass is 10.1. The van der Waals surface area contributed by atoms with Crippen LogP contribution in [-0.4, -0.2) is 23.9 Å². The van der Waals surface area contributed by atoms with Gasteiger partial charge in [0.1, 0.15) is 11.6 Å². The number of halogens is 4. The Kier molecular flexibility index (Phi) is 5.03. The Labute approximate surface area is 168 Å². The van der Waals surface area contributed by atoms with E-state index in [0.717, 1.165) is 6.07 Å². The largest absolute Gasteiger partial charge is 0.573 e. The molecular weight excluding hydrogens is 402 g/mol. The van der Waals surface area contributed by atoms with E-state index in [1.165, 1.54) is 35.5 Å². The lowest BCUT2D eigenvalue weighted by molar-refractivity contribution is -0.274. The third-order valence-corrected chi connectivity index (χ3v) is 4.58. The number of nitrogens with zero attached hydrogens (tertiary/aromatic N) is 2. The molecule has 0 atom stereocenters. The Morgan fingerprint density at radius 2 is 1.93 bits per heavy atom. The van der Waals surface area contributed by atoms with Crippen LogP contribution in [0.15, 0.2) is 60.9 Å². The number of anilines is 2. The number of nitrogens with one attached hydrogen (secondary N) is 1. The highest BCUT2D eigenvalue weighted by Gasteiger charge is 2.32. The third-order valence-electron chi connectivity index (χ3n) is 4.58. The van der Waals surface area contributed by atoms with E-state index in [4.69, 9.17) is 0 Å². The fourth-order valence-electron chi connectivity index (χ4n) is 3.37. The summed E-state index contributed by atoms with van der Waals surface area (Å²) in [5.74, 6) is -1.03. The van der Waals surface area contributed by atoms with Gasteiger partial charge in [0.05, 0.1) is 5.69 Å². The number of alkyl halides is 3. The van der Waals surface area contributed by atoms with Crippen molar-refractivity contribution in [2.45, 2.75) is 12.8 Å². The molecule has 30 heavy (non-hydrogen) atoms. The second-order valence-corrected chi connectivity index (χ2v) is 6.61. The number of ether oxygens (including phenoxy) is 1. The summed E-state index contributed by atoms with van der Waals surface area (Å²) in [6.07, 6.45) is -1.41. The molecule has 1 aliphatic rings. The number of amides is 2. The molecule has 154 valence electrons. The van der Waals surface area contributed by atoms with E-state index >= 15 is 0 Å². The maximum atomic E-state index is 14.2. The van der Waals surface area contributed by atoms with Crippen molar-refractivity contribution in [2.75, 3.05) is 16.8 Å². The van der Waals surface area contributed by atoms with Gasteiger partial charge in [-0.2, -0.15) is 0 Å². The Bertz CT molecular complexity index is 1090. The van der Waals surface area contributed by atoms with E-state index in [1.54, 1.807) is 24.3 Å². The fourth-order valence-corrected chi connectivity index (χ4v) is 3.37. The van der Waals surface area contributed by atoms with Crippen molar-refractivity contribution in [3.63, 3.8) is 0 Å². The summed E-state index contributed by atoms with van der Waals surface area (Å²) in [7, 11) is 0. The van der Waals surface area contributed by atoms with E-state index in [2.05, 4.69) is 15.0 Å². The molecule has 0 unspecified atom stereocenters. The monoisotopic (exact) mass is 417 g/mol. The molecule has 9 heteroatoms. The first-order valence-electron chi connectivity index (χ1n) is 8.97. The topological polar surface area (TPSA) is 54.5 Å². The lowest BCUT2D eigenvalue weighted by Crippen LogP contribution is -2.33. The van der Waals surface area contributed by atoms with Crippen molar-refractivity contribution < 1.29 is 27.1 Å². The highest BCUT2D eigenvalue weighted by atomic mass is 19.4.